The first kappa shape index (κ1) is 20.8. The summed E-state index contributed by atoms with van der Waals surface area (Å²) < 4.78 is 0. The Morgan fingerprint density at radius 2 is 1.97 bits per heavy atom. The average Bonchev–Trinajstić information content (AvgIpc) is 2.85. The predicted molar refractivity (Wildman–Crippen MR) is 118 cm³/mol. The summed E-state index contributed by atoms with van der Waals surface area (Å²) in [4.78, 5) is 32.9. The van der Waals surface area contributed by atoms with Crippen LogP contribution in [-0.4, -0.2) is 47.4 Å². The van der Waals surface area contributed by atoms with E-state index in [0.717, 1.165) is 31.4 Å². The van der Waals surface area contributed by atoms with Crippen LogP contribution in [0, 0.1) is 5.92 Å². The molecule has 0 saturated heterocycles. The molecule has 2 aliphatic rings. The van der Waals surface area contributed by atoms with Crippen molar-refractivity contribution >= 4 is 29.1 Å². The second kappa shape index (κ2) is 9.14. The SMILES string of the molecule is CNC1CCC(CN2C(=O)c3ccc(Cl)cc3NC(=O)[C@H]2Cc2ccccn2)CC1. The van der Waals surface area contributed by atoms with E-state index in [1.165, 1.54) is 0 Å². The molecule has 1 aliphatic carbocycles. The lowest BCUT2D eigenvalue weighted by Gasteiger charge is -2.35. The fourth-order valence-corrected chi connectivity index (χ4v) is 4.67. The molecule has 2 heterocycles. The number of halogens is 1. The Morgan fingerprint density at radius 1 is 1.17 bits per heavy atom. The normalized spacial score (nSPS) is 24.2. The molecule has 0 bridgehead atoms. The second-order valence-corrected chi connectivity index (χ2v) is 8.62. The number of pyridine rings is 1. The van der Waals surface area contributed by atoms with Crippen LogP contribution >= 0.6 is 11.6 Å². The van der Waals surface area contributed by atoms with E-state index in [1.807, 2.05) is 25.2 Å². The van der Waals surface area contributed by atoms with E-state index in [-0.39, 0.29) is 11.8 Å². The van der Waals surface area contributed by atoms with Crippen LogP contribution in [0.2, 0.25) is 5.02 Å². The summed E-state index contributed by atoms with van der Waals surface area (Å²) >= 11 is 6.12. The highest BCUT2D eigenvalue weighted by atomic mass is 35.5. The summed E-state index contributed by atoms with van der Waals surface area (Å²) in [5, 5.41) is 6.76. The summed E-state index contributed by atoms with van der Waals surface area (Å²) in [7, 11) is 2.00. The first-order valence-corrected chi connectivity index (χ1v) is 10.9. The summed E-state index contributed by atoms with van der Waals surface area (Å²) in [6, 6.07) is 10.6. The topological polar surface area (TPSA) is 74.3 Å². The van der Waals surface area contributed by atoms with E-state index in [4.69, 9.17) is 11.6 Å². The lowest BCUT2D eigenvalue weighted by Crippen LogP contribution is -2.49. The molecular weight excluding hydrogens is 400 g/mol. The second-order valence-electron chi connectivity index (χ2n) is 8.18. The molecule has 1 saturated carbocycles. The van der Waals surface area contributed by atoms with Crippen molar-refractivity contribution in [2.24, 2.45) is 5.92 Å². The molecule has 2 N–H and O–H groups in total. The molecule has 0 unspecified atom stereocenters. The maximum atomic E-state index is 13.5. The lowest BCUT2D eigenvalue weighted by atomic mass is 9.85. The number of carbonyl (C=O) groups is 2. The summed E-state index contributed by atoms with van der Waals surface area (Å²) in [6.07, 6.45) is 6.36. The zero-order valence-electron chi connectivity index (χ0n) is 17.1. The molecule has 0 spiro atoms. The van der Waals surface area contributed by atoms with Crippen molar-refractivity contribution < 1.29 is 9.59 Å². The van der Waals surface area contributed by atoms with Crippen LogP contribution in [0.3, 0.4) is 0 Å². The third kappa shape index (κ3) is 4.50. The van der Waals surface area contributed by atoms with Crippen LogP contribution in [0.4, 0.5) is 5.69 Å². The fraction of sp³-hybridized carbons (Fsp3) is 0.435. The summed E-state index contributed by atoms with van der Waals surface area (Å²) in [6.45, 7) is 0.572. The van der Waals surface area contributed by atoms with E-state index in [2.05, 4.69) is 15.6 Å². The van der Waals surface area contributed by atoms with Crippen molar-refractivity contribution in [2.75, 3.05) is 18.9 Å². The number of benzene rings is 1. The summed E-state index contributed by atoms with van der Waals surface area (Å²) in [5.41, 5.74) is 1.75. The standard InChI is InChI=1S/C23H27ClN4O2/c1-25-17-8-5-15(6-9-17)14-28-21(13-18-4-2-3-11-26-18)22(29)27-20-12-16(24)7-10-19(20)23(28)30/h2-4,7,10-12,15,17,21,25H,5-6,8-9,13-14H2,1H3,(H,27,29)/t15?,17?,21-/m1/s1. The lowest BCUT2D eigenvalue weighted by molar-refractivity contribution is -0.120. The molecule has 30 heavy (non-hydrogen) atoms. The monoisotopic (exact) mass is 426 g/mol. The maximum absolute atomic E-state index is 13.5. The molecule has 2 amide bonds. The van der Waals surface area contributed by atoms with Crippen LogP contribution < -0.4 is 10.6 Å². The van der Waals surface area contributed by atoms with Gasteiger partial charge in [0.05, 0.1) is 11.3 Å². The third-order valence-corrected chi connectivity index (χ3v) is 6.48. The highest BCUT2D eigenvalue weighted by Crippen LogP contribution is 2.31. The number of carbonyl (C=O) groups excluding carboxylic acids is 2. The summed E-state index contributed by atoms with van der Waals surface area (Å²) in [5.74, 6) is 0.0575. The Hall–Kier alpha value is -2.44. The zero-order chi connectivity index (χ0) is 21.1. The van der Waals surface area contributed by atoms with Crippen LogP contribution in [-0.2, 0) is 11.2 Å². The quantitative estimate of drug-likeness (QED) is 0.767. The van der Waals surface area contributed by atoms with Gasteiger partial charge in [0.1, 0.15) is 6.04 Å². The number of nitrogens with one attached hydrogen (secondary N) is 2. The van der Waals surface area contributed by atoms with Gasteiger partial charge in [-0.15, -0.1) is 0 Å². The number of nitrogens with zero attached hydrogens (tertiary/aromatic N) is 2. The van der Waals surface area contributed by atoms with Gasteiger partial charge in [0.25, 0.3) is 5.91 Å². The van der Waals surface area contributed by atoms with E-state index >= 15 is 0 Å². The van der Waals surface area contributed by atoms with Gasteiger partial charge in [-0.25, -0.2) is 0 Å². The molecule has 1 fully saturated rings. The van der Waals surface area contributed by atoms with Gasteiger partial charge in [-0.1, -0.05) is 17.7 Å². The Bertz CT molecular complexity index is 913. The third-order valence-electron chi connectivity index (χ3n) is 6.25. The number of aromatic nitrogens is 1. The van der Waals surface area contributed by atoms with Gasteiger partial charge in [-0.05, 0) is 69.0 Å². The van der Waals surface area contributed by atoms with E-state index in [1.54, 1.807) is 29.3 Å². The molecule has 4 rings (SSSR count). The van der Waals surface area contributed by atoms with Crippen molar-refractivity contribution in [2.45, 2.75) is 44.2 Å². The largest absolute Gasteiger partial charge is 0.326 e. The van der Waals surface area contributed by atoms with Gasteiger partial charge in [0, 0.05) is 35.9 Å². The van der Waals surface area contributed by atoms with E-state index < -0.39 is 6.04 Å². The number of anilines is 1. The Kier molecular flexibility index (Phi) is 6.35. The average molecular weight is 427 g/mol. The van der Waals surface area contributed by atoms with Crippen molar-refractivity contribution in [1.82, 2.24) is 15.2 Å². The minimum absolute atomic E-state index is 0.128. The fourth-order valence-electron chi connectivity index (χ4n) is 4.50. The van der Waals surface area contributed by atoms with Gasteiger partial charge in [0.2, 0.25) is 5.91 Å². The molecule has 1 atom stereocenters. The maximum Gasteiger partial charge on any atom is 0.256 e. The number of fused-ring (bicyclic) bond motifs is 1. The van der Waals surface area contributed by atoms with Gasteiger partial charge in [0.15, 0.2) is 0 Å². The highest BCUT2D eigenvalue weighted by Gasteiger charge is 2.37. The van der Waals surface area contributed by atoms with Crippen molar-refractivity contribution in [3.63, 3.8) is 0 Å². The number of hydrogen-bond acceptors (Lipinski definition) is 4. The Labute approximate surface area is 182 Å². The first-order valence-electron chi connectivity index (χ1n) is 10.5. The van der Waals surface area contributed by atoms with Crippen molar-refractivity contribution in [3.8, 4) is 0 Å². The Balaban J connectivity index is 1.64. The molecule has 1 aromatic carbocycles. The number of hydrogen-bond donors (Lipinski definition) is 2. The predicted octanol–water partition coefficient (Wildman–Crippen LogP) is 3.52. The zero-order valence-corrected chi connectivity index (χ0v) is 17.9. The van der Waals surface area contributed by atoms with E-state index in [0.29, 0.717) is 41.2 Å². The highest BCUT2D eigenvalue weighted by molar-refractivity contribution is 6.31. The molecule has 6 nitrogen and oxygen atoms in total. The van der Waals surface area contributed by atoms with Crippen molar-refractivity contribution in [3.05, 3.63) is 58.9 Å². The van der Waals surface area contributed by atoms with Crippen LogP contribution in [0.15, 0.2) is 42.6 Å². The van der Waals surface area contributed by atoms with Crippen LogP contribution in [0.5, 0.6) is 0 Å². The number of rotatable bonds is 5. The van der Waals surface area contributed by atoms with Crippen LogP contribution in [0.1, 0.15) is 41.7 Å². The van der Waals surface area contributed by atoms with Gasteiger partial charge >= 0.3 is 0 Å². The Morgan fingerprint density at radius 3 is 2.67 bits per heavy atom. The van der Waals surface area contributed by atoms with E-state index in [9.17, 15) is 9.59 Å². The van der Waals surface area contributed by atoms with Gasteiger partial charge in [-0.3, -0.25) is 14.6 Å². The number of amides is 2. The van der Waals surface area contributed by atoms with Crippen LogP contribution in [0.25, 0.3) is 0 Å². The molecule has 158 valence electrons. The molecule has 0 radical (unpaired) electrons. The van der Waals surface area contributed by atoms with Gasteiger partial charge < -0.3 is 15.5 Å². The van der Waals surface area contributed by atoms with Crippen molar-refractivity contribution in [1.29, 1.82) is 0 Å². The van der Waals surface area contributed by atoms with Gasteiger partial charge in [-0.2, -0.15) is 0 Å². The smallest absolute Gasteiger partial charge is 0.256 e. The molecule has 1 aliphatic heterocycles. The molecule has 1 aromatic heterocycles. The first-order chi connectivity index (χ1) is 14.5. The molecule has 2 aromatic rings. The molecule has 7 heteroatoms. The minimum atomic E-state index is -0.611. The minimum Gasteiger partial charge on any atom is -0.326 e. The molecular formula is C23H27ClN4O2.